The van der Waals surface area contributed by atoms with Gasteiger partial charge in [-0.2, -0.15) is 0 Å². The first-order valence-electron chi connectivity index (χ1n) is 4.27. The highest BCUT2D eigenvalue weighted by molar-refractivity contribution is 5.20. The van der Waals surface area contributed by atoms with Crippen LogP contribution in [-0.2, 0) is 0 Å². The van der Waals surface area contributed by atoms with E-state index < -0.39 is 0 Å². The number of diazo groups is 1. The van der Waals surface area contributed by atoms with Crippen LogP contribution in [0.1, 0.15) is 31.4 Å². The average molecular weight is 161 g/mol. The summed E-state index contributed by atoms with van der Waals surface area (Å²) in [5.41, 5.74) is 1.09. The van der Waals surface area contributed by atoms with Gasteiger partial charge >= 0.3 is 6.04 Å². The number of hydrogen-bond acceptors (Lipinski definition) is 1. The molecule has 2 heteroatoms. The molecular weight excluding hydrogens is 148 g/mol. The highest BCUT2D eigenvalue weighted by atomic mass is 14.9. The van der Waals surface area contributed by atoms with E-state index in [4.69, 9.17) is 5.39 Å². The molecule has 2 nitrogen and oxygen atoms in total. The number of hydrogen-bond donors (Lipinski definition) is 0. The molecule has 1 atom stereocenters. The highest BCUT2D eigenvalue weighted by Gasteiger charge is 2.20. The molecular formula is C10H13N2+. The lowest BCUT2D eigenvalue weighted by Gasteiger charge is -1.96. The number of benzene rings is 1. The summed E-state index contributed by atoms with van der Waals surface area (Å²) in [5, 5.41) is 8.74. The molecule has 0 saturated carbocycles. The topological polar surface area (TPSA) is 28.1 Å². The summed E-state index contributed by atoms with van der Waals surface area (Å²) in [6, 6.07) is 9.81. The molecule has 1 aromatic rings. The Labute approximate surface area is 72.9 Å². The second-order valence-electron chi connectivity index (χ2n) is 2.83. The van der Waals surface area contributed by atoms with E-state index >= 15 is 0 Å². The summed E-state index contributed by atoms with van der Waals surface area (Å²) in [6.45, 7) is 2.08. The van der Waals surface area contributed by atoms with E-state index in [2.05, 4.69) is 11.9 Å². The molecule has 0 N–H and O–H groups in total. The minimum absolute atomic E-state index is 0.0452. The van der Waals surface area contributed by atoms with Crippen molar-refractivity contribution in [1.82, 2.24) is 0 Å². The van der Waals surface area contributed by atoms with Crippen LogP contribution in [0.2, 0.25) is 0 Å². The fourth-order valence-electron chi connectivity index (χ4n) is 1.24. The fraction of sp³-hybridized carbons (Fsp3) is 0.400. The van der Waals surface area contributed by atoms with Crippen LogP contribution in [0, 0.1) is 5.39 Å². The molecule has 0 aliphatic heterocycles. The minimum Gasteiger partial charge on any atom is -0.0651 e. The van der Waals surface area contributed by atoms with Crippen molar-refractivity contribution in [3.63, 3.8) is 0 Å². The summed E-state index contributed by atoms with van der Waals surface area (Å²) in [5.74, 6) is 0. The molecule has 0 saturated heterocycles. The van der Waals surface area contributed by atoms with E-state index in [1.54, 1.807) is 0 Å². The average Bonchev–Trinajstić information content (AvgIpc) is 2.15. The van der Waals surface area contributed by atoms with Crippen LogP contribution in [0.5, 0.6) is 0 Å². The number of rotatable bonds is 3. The first-order chi connectivity index (χ1) is 5.88. The lowest BCUT2D eigenvalue weighted by atomic mass is 10.0. The summed E-state index contributed by atoms with van der Waals surface area (Å²) in [4.78, 5) is 3.35. The maximum Gasteiger partial charge on any atom is 0.339 e. The van der Waals surface area contributed by atoms with E-state index in [9.17, 15) is 0 Å². The van der Waals surface area contributed by atoms with Crippen LogP contribution in [-0.4, -0.2) is 0 Å². The van der Waals surface area contributed by atoms with Crippen LogP contribution in [0.25, 0.3) is 4.98 Å². The van der Waals surface area contributed by atoms with E-state index in [1.165, 1.54) is 0 Å². The van der Waals surface area contributed by atoms with Gasteiger partial charge in [-0.25, -0.2) is 0 Å². The Morgan fingerprint density at radius 1 is 1.33 bits per heavy atom. The third kappa shape index (κ3) is 2.06. The summed E-state index contributed by atoms with van der Waals surface area (Å²) in [7, 11) is 0. The Kier molecular flexibility index (Phi) is 3.28. The second kappa shape index (κ2) is 4.50. The van der Waals surface area contributed by atoms with Crippen LogP contribution in [0.15, 0.2) is 30.3 Å². The minimum atomic E-state index is -0.0452. The first-order valence-corrected chi connectivity index (χ1v) is 4.27. The zero-order valence-corrected chi connectivity index (χ0v) is 7.27. The van der Waals surface area contributed by atoms with Crippen molar-refractivity contribution < 1.29 is 0 Å². The standard InChI is InChI=1S/C10H13N2/c1-2-6-10(12-11)9-7-4-3-5-8-9/h3-5,7-8,10H,2,6H2,1H3/q+1. The molecule has 0 bridgehead atoms. The Bertz CT molecular complexity index is 261. The molecule has 1 rings (SSSR count). The molecule has 0 heterocycles. The van der Waals surface area contributed by atoms with Gasteiger partial charge in [0.1, 0.15) is 4.98 Å². The zero-order valence-electron chi connectivity index (χ0n) is 7.27. The van der Waals surface area contributed by atoms with Crippen LogP contribution < -0.4 is 0 Å². The summed E-state index contributed by atoms with van der Waals surface area (Å²) in [6.07, 6.45) is 1.93. The van der Waals surface area contributed by atoms with Gasteiger partial charge in [-0.3, -0.25) is 0 Å². The maximum absolute atomic E-state index is 8.74. The maximum atomic E-state index is 8.74. The van der Waals surface area contributed by atoms with E-state index in [0.717, 1.165) is 18.4 Å². The van der Waals surface area contributed by atoms with Crippen LogP contribution in [0.4, 0.5) is 0 Å². The largest absolute Gasteiger partial charge is 0.339 e. The van der Waals surface area contributed by atoms with Gasteiger partial charge in [0, 0.05) is 12.0 Å². The van der Waals surface area contributed by atoms with Crippen LogP contribution in [0.3, 0.4) is 0 Å². The Balaban J connectivity index is 2.75. The van der Waals surface area contributed by atoms with E-state index in [-0.39, 0.29) is 6.04 Å². The third-order valence-electron chi connectivity index (χ3n) is 1.89. The summed E-state index contributed by atoms with van der Waals surface area (Å²) >= 11 is 0. The van der Waals surface area contributed by atoms with Crippen molar-refractivity contribution in [1.29, 1.82) is 5.39 Å². The Morgan fingerprint density at radius 2 is 2.00 bits per heavy atom. The van der Waals surface area contributed by atoms with Crippen molar-refractivity contribution in [2.24, 2.45) is 0 Å². The molecule has 0 spiro atoms. The summed E-state index contributed by atoms with van der Waals surface area (Å²) < 4.78 is 0. The first kappa shape index (κ1) is 8.73. The molecule has 12 heavy (non-hydrogen) atoms. The van der Waals surface area contributed by atoms with Gasteiger partial charge in [0.15, 0.2) is 0 Å². The molecule has 1 unspecified atom stereocenters. The van der Waals surface area contributed by atoms with Gasteiger partial charge in [-0.15, -0.1) is 0 Å². The molecule has 0 aliphatic carbocycles. The smallest absolute Gasteiger partial charge is 0.0651 e. The zero-order chi connectivity index (χ0) is 8.81. The monoisotopic (exact) mass is 161 g/mol. The van der Waals surface area contributed by atoms with Crippen molar-refractivity contribution in [2.75, 3.05) is 0 Å². The van der Waals surface area contributed by atoms with Gasteiger partial charge in [0.25, 0.3) is 0 Å². The quantitative estimate of drug-likeness (QED) is 0.624. The van der Waals surface area contributed by atoms with Gasteiger partial charge in [-0.1, -0.05) is 37.3 Å². The predicted octanol–water partition coefficient (Wildman–Crippen LogP) is 3.38. The van der Waals surface area contributed by atoms with Crippen LogP contribution >= 0.6 is 0 Å². The van der Waals surface area contributed by atoms with Gasteiger partial charge in [0.05, 0.1) is 0 Å². The fourth-order valence-corrected chi connectivity index (χ4v) is 1.24. The van der Waals surface area contributed by atoms with Gasteiger partial charge in [-0.05, 0) is 6.42 Å². The normalized spacial score (nSPS) is 12.0. The van der Waals surface area contributed by atoms with Crippen molar-refractivity contribution in [3.05, 3.63) is 40.9 Å². The number of nitrogens with zero attached hydrogens (tertiary/aromatic N) is 2. The lowest BCUT2D eigenvalue weighted by Crippen LogP contribution is -1.91. The van der Waals surface area contributed by atoms with Crippen molar-refractivity contribution in [3.8, 4) is 0 Å². The Hall–Kier alpha value is -1.36. The Morgan fingerprint density at radius 3 is 2.50 bits per heavy atom. The molecule has 1 aromatic carbocycles. The second-order valence-corrected chi connectivity index (χ2v) is 2.83. The molecule has 0 radical (unpaired) electrons. The molecule has 0 fully saturated rings. The van der Waals surface area contributed by atoms with E-state index in [1.807, 2.05) is 30.3 Å². The van der Waals surface area contributed by atoms with E-state index in [0.29, 0.717) is 0 Å². The molecule has 0 aromatic heterocycles. The molecule has 62 valence electrons. The molecule has 0 amide bonds. The molecule has 0 aliphatic rings. The highest BCUT2D eigenvalue weighted by Crippen LogP contribution is 2.21. The van der Waals surface area contributed by atoms with Crippen molar-refractivity contribution in [2.45, 2.75) is 25.8 Å². The van der Waals surface area contributed by atoms with Gasteiger partial charge in [0.2, 0.25) is 5.39 Å². The van der Waals surface area contributed by atoms with Gasteiger partial charge < -0.3 is 0 Å². The van der Waals surface area contributed by atoms with Crippen molar-refractivity contribution >= 4 is 0 Å². The third-order valence-corrected chi connectivity index (χ3v) is 1.89. The lowest BCUT2D eigenvalue weighted by molar-refractivity contribution is 0.704. The predicted molar refractivity (Wildman–Crippen MR) is 49.2 cm³/mol. The SMILES string of the molecule is CCCC([N+]#N)c1ccccc1.